The average molecular weight is 481 g/mol. The van der Waals surface area contributed by atoms with Crippen LogP contribution in [0.2, 0.25) is 0 Å². The van der Waals surface area contributed by atoms with Gasteiger partial charge in [-0.1, -0.05) is 18.2 Å². The molecule has 0 radical (unpaired) electrons. The number of carbonyl (C=O) groups excluding carboxylic acids is 1. The highest BCUT2D eigenvalue weighted by Crippen LogP contribution is 2.36. The van der Waals surface area contributed by atoms with E-state index in [9.17, 15) is 22.9 Å². The number of thiol groups is 1. The Morgan fingerprint density at radius 2 is 2.03 bits per heavy atom. The van der Waals surface area contributed by atoms with Crippen LogP contribution in [0.3, 0.4) is 0 Å². The van der Waals surface area contributed by atoms with Crippen LogP contribution in [0.25, 0.3) is 11.3 Å². The molecule has 0 fully saturated rings. The average Bonchev–Trinajstić information content (AvgIpc) is 3.27. The predicted molar refractivity (Wildman–Crippen MR) is 125 cm³/mol. The molecule has 3 aromatic rings. The second-order valence-corrected chi connectivity index (χ2v) is 8.39. The van der Waals surface area contributed by atoms with Crippen molar-refractivity contribution in [3.05, 3.63) is 71.2 Å². The standard InChI is InChI=1S/C23H21FN6O3S/c24-19-4-2-1-3-15(19)13-21(31)30-10-6-16-11-17(12-18(14-25)22(16)30)20-5-7-26-23(29-20)27-8-9-28-34(32)33/h1-5,7,11-12,34H,6,8-10,13H2,(H,26,27,29)(H,28,32,33). The topological polar surface area (TPSA) is 128 Å². The molecule has 174 valence electrons. The van der Waals surface area contributed by atoms with Crippen molar-refractivity contribution in [1.29, 1.82) is 5.26 Å². The Morgan fingerprint density at radius 3 is 2.79 bits per heavy atom. The molecule has 0 atom stereocenters. The lowest BCUT2D eigenvalue weighted by atomic mass is 10.0. The minimum absolute atomic E-state index is 0.0882. The van der Waals surface area contributed by atoms with Gasteiger partial charge in [0.05, 0.1) is 23.4 Å². The molecule has 4 rings (SSSR count). The van der Waals surface area contributed by atoms with Gasteiger partial charge >= 0.3 is 0 Å². The number of fused-ring (bicyclic) bond motifs is 1. The molecule has 2 heterocycles. The van der Waals surface area contributed by atoms with Crippen LogP contribution < -0.4 is 14.9 Å². The first-order valence-electron chi connectivity index (χ1n) is 10.5. The monoisotopic (exact) mass is 480 g/mol. The number of rotatable bonds is 8. The van der Waals surface area contributed by atoms with E-state index in [1.54, 1.807) is 41.4 Å². The third-order valence-electron chi connectivity index (χ3n) is 5.38. The maximum Gasteiger partial charge on any atom is 0.231 e. The molecule has 34 heavy (non-hydrogen) atoms. The molecule has 2 aromatic carbocycles. The van der Waals surface area contributed by atoms with Gasteiger partial charge in [-0.05, 0) is 41.8 Å². The van der Waals surface area contributed by atoms with Crippen LogP contribution in [0, 0.1) is 17.1 Å². The number of benzene rings is 2. The molecule has 0 unspecified atom stereocenters. The van der Waals surface area contributed by atoms with Crippen LogP contribution in [-0.2, 0) is 28.5 Å². The van der Waals surface area contributed by atoms with Crippen molar-refractivity contribution < 1.29 is 17.6 Å². The fourth-order valence-electron chi connectivity index (χ4n) is 3.86. The number of nitriles is 1. The predicted octanol–water partition coefficient (Wildman–Crippen LogP) is 1.81. The van der Waals surface area contributed by atoms with Crippen molar-refractivity contribution in [2.45, 2.75) is 12.8 Å². The third-order valence-corrected chi connectivity index (χ3v) is 5.87. The number of nitrogens with zero attached hydrogens (tertiary/aromatic N) is 4. The van der Waals surface area contributed by atoms with Crippen molar-refractivity contribution in [3.63, 3.8) is 0 Å². The second-order valence-electron chi connectivity index (χ2n) is 7.56. The lowest BCUT2D eigenvalue weighted by Gasteiger charge is -2.19. The van der Waals surface area contributed by atoms with Gasteiger partial charge in [0.1, 0.15) is 11.9 Å². The lowest BCUT2D eigenvalue weighted by Crippen LogP contribution is -2.31. The number of carbonyl (C=O) groups is 1. The number of nitrogens with one attached hydrogen (secondary N) is 2. The van der Waals surface area contributed by atoms with Crippen LogP contribution in [-0.4, -0.2) is 43.9 Å². The van der Waals surface area contributed by atoms with E-state index in [2.05, 4.69) is 26.1 Å². The smallest absolute Gasteiger partial charge is 0.231 e. The largest absolute Gasteiger partial charge is 0.353 e. The summed E-state index contributed by atoms with van der Waals surface area (Å²) in [6.07, 6.45) is 2.04. The summed E-state index contributed by atoms with van der Waals surface area (Å²) in [5, 5.41) is 12.7. The molecule has 1 aliphatic rings. The van der Waals surface area contributed by atoms with Gasteiger partial charge in [0.25, 0.3) is 0 Å². The number of aromatic nitrogens is 2. The van der Waals surface area contributed by atoms with Crippen LogP contribution in [0.15, 0.2) is 48.7 Å². The van der Waals surface area contributed by atoms with E-state index in [4.69, 9.17) is 0 Å². The Labute approximate surface area is 197 Å². The SMILES string of the molecule is N#Cc1cc(-c2ccnc(NCCN[SH](=O)=O)n2)cc2c1N(C(=O)Cc1ccccc1F)CC2. The fourth-order valence-corrected chi connectivity index (χ4v) is 4.15. The van der Waals surface area contributed by atoms with Gasteiger partial charge in [0.15, 0.2) is 0 Å². The molecule has 1 aromatic heterocycles. The first kappa shape index (κ1) is 23.3. The van der Waals surface area contributed by atoms with E-state index in [-0.39, 0.29) is 18.9 Å². The molecule has 0 saturated carbocycles. The summed E-state index contributed by atoms with van der Waals surface area (Å²) in [5.74, 6) is -0.381. The summed E-state index contributed by atoms with van der Waals surface area (Å²) < 4.78 is 37.4. The highest BCUT2D eigenvalue weighted by Gasteiger charge is 2.29. The summed E-state index contributed by atoms with van der Waals surface area (Å²) >= 11 is 0. The zero-order chi connectivity index (χ0) is 24.1. The number of halogens is 1. The molecule has 11 heteroatoms. The third kappa shape index (κ3) is 5.19. The molecular weight excluding hydrogens is 459 g/mol. The molecule has 0 spiro atoms. The Morgan fingerprint density at radius 1 is 1.21 bits per heavy atom. The quantitative estimate of drug-likeness (QED) is 0.331. The fraction of sp³-hybridized carbons (Fsp3) is 0.217. The molecular formula is C23H21FN6O3S. The van der Waals surface area contributed by atoms with E-state index in [0.717, 1.165) is 5.56 Å². The highest BCUT2D eigenvalue weighted by atomic mass is 32.2. The normalized spacial score (nSPS) is 12.4. The lowest BCUT2D eigenvalue weighted by molar-refractivity contribution is -0.117. The van der Waals surface area contributed by atoms with E-state index < -0.39 is 16.7 Å². The van der Waals surface area contributed by atoms with E-state index in [1.807, 2.05) is 6.07 Å². The van der Waals surface area contributed by atoms with E-state index in [0.29, 0.717) is 53.5 Å². The van der Waals surface area contributed by atoms with Crippen molar-refractivity contribution in [1.82, 2.24) is 14.7 Å². The van der Waals surface area contributed by atoms with Crippen molar-refractivity contribution in [3.8, 4) is 17.3 Å². The van der Waals surface area contributed by atoms with E-state index in [1.165, 1.54) is 6.07 Å². The summed E-state index contributed by atoms with van der Waals surface area (Å²) in [6.45, 7) is 0.909. The van der Waals surface area contributed by atoms with E-state index >= 15 is 0 Å². The number of hydrogen-bond donors (Lipinski definition) is 3. The maximum absolute atomic E-state index is 14.0. The van der Waals surface area contributed by atoms with Crippen LogP contribution in [0.4, 0.5) is 16.0 Å². The summed E-state index contributed by atoms with van der Waals surface area (Å²) in [7, 11) is -2.66. The number of anilines is 2. The zero-order valence-corrected chi connectivity index (χ0v) is 18.9. The Kier molecular flexibility index (Phi) is 7.10. The number of hydrogen-bond acceptors (Lipinski definition) is 7. The summed E-state index contributed by atoms with van der Waals surface area (Å²) in [5.41, 5.74) is 3.32. The van der Waals surface area contributed by atoms with Gasteiger partial charge in [-0.25, -0.2) is 27.5 Å². The Balaban J connectivity index is 1.56. The highest BCUT2D eigenvalue weighted by molar-refractivity contribution is 7.70. The van der Waals surface area contributed by atoms with Gasteiger partial charge in [0.2, 0.25) is 22.7 Å². The molecule has 0 saturated heterocycles. The van der Waals surface area contributed by atoms with Gasteiger partial charge in [-0.2, -0.15) is 5.26 Å². The maximum atomic E-state index is 14.0. The van der Waals surface area contributed by atoms with Crippen LogP contribution in [0.5, 0.6) is 0 Å². The molecule has 1 aliphatic heterocycles. The first-order valence-corrected chi connectivity index (χ1v) is 11.7. The molecule has 9 nitrogen and oxygen atoms in total. The van der Waals surface area contributed by atoms with Gasteiger partial charge in [-0.3, -0.25) is 4.79 Å². The van der Waals surface area contributed by atoms with Gasteiger partial charge in [0, 0.05) is 31.4 Å². The summed E-state index contributed by atoms with van der Waals surface area (Å²) in [4.78, 5) is 23.1. The van der Waals surface area contributed by atoms with Crippen LogP contribution in [0.1, 0.15) is 16.7 Å². The molecule has 1 amide bonds. The zero-order valence-electron chi connectivity index (χ0n) is 18.0. The number of amides is 1. The molecule has 0 bridgehead atoms. The molecule has 2 N–H and O–H groups in total. The van der Waals surface area contributed by atoms with Crippen molar-refractivity contribution in [2.75, 3.05) is 29.9 Å². The first-order chi connectivity index (χ1) is 16.5. The second kappa shape index (κ2) is 10.4. The minimum atomic E-state index is -2.66. The Bertz CT molecular complexity index is 1350. The van der Waals surface area contributed by atoms with Crippen LogP contribution >= 0.6 is 0 Å². The molecule has 0 aliphatic carbocycles. The van der Waals surface area contributed by atoms with Gasteiger partial charge < -0.3 is 10.2 Å². The van der Waals surface area contributed by atoms with Gasteiger partial charge in [-0.15, -0.1) is 0 Å². The summed E-state index contributed by atoms with van der Waals surface area (Å²) in [6, 6.07) is 13.6. The van der Waals surface area contributed by atoms with Crippen molar-refractivity contribution >= 4 is 28.4 Å². The van der Waals surface area contributed by atoms with Crippen molar-refractivity contribution in [2.24, 2.45) is 0 Å². The Hall–Kier alpha value is -3.88. The minimum Gasteiger partial charge on any atom is -0.353 e.